The number of hydrogen-bond acceptors (Lipinski definition) is 9. The highest BCUT2D eigenvalue weighted by molar-refractivity contribution is 7.90. The number of carbonyl (C=O) groups excluding carboxylic acids is 1. The molecule has 3 aromatic rings. The van der Waals surface area contributed by atoms with Crippen molar-refractivity contribution in [2.75, 3.05) is 30.6 Å². The van der Waals surface area contributed by atoms with Gasteiger partial charge in [-0.1, -0.05) is 0 Å². The van der Waals surface area contributed by atoms with Gasteiger partial charge in [-0.05, 0) is 43.3 Å². The molecule has 32 heavy (non-hydrogen) atoms. The highest BCUT2D eigenvalue weighted by Crippen LogP contribution is 2.25. The number of amides is 1. The fourth-order valence-electron chi connectivity index (χ4n) is 2.74. The molecule has 1 aromatic carbocycles. The van der Waals surface area contributed by atoms with Crippen LogP contribution < -0.4 is 15.4 Å². The largest absolute Gasteiger partial charge is 0.439 e. The number of anilines is 2. The van der Waals surface area contributed by atoms with Crippen LogP contribution in [-0.4, -0.2) is 55.3 Å². The summed E-state index contributed by atoms with van der Waals surface area (Å²) in [5.41, 5.74) is 0.286. The zero-order chi connectivity index (χ0) is 23.1. The maximum absolute atomic E-state index is 12.8. The highest BCUT2D eigenvalue weighted by atomic mass is 32.2. The van der Waals surface area contributed by atoms with Crippen molar-refractivity contribution in [3.63, 3.8) is 0 Å². The zero-order valence-corrected chi connectivity index (χ0v) is 18.6. The van der Waals surface area contributed by atoms with Crippen molar-refractivity contribution in [3.8, 4) is 11.6 Å². The molecular formula is C21H23N5O5S. The number of pyridine rings is 1. The Morgan fingerprint density at radius 2 is 1.88 bits per heavy atom. The molecule has 0 radical (unpaired) electrons. The summed E-state index contributed by atoms with van der Waals surface area (Å²) in [6.07, 6.45) is 3.98. The summed E-state index contributed by atoms with van der Waals surface area (Å²) in [6.45, 7) is 2.34. The van der Waals surface area contributed by atoms with E-state index < -0.39 is 15.7 Å². The third-order valence-corrected chi connectivity index (χ3v) is 5.30. The molecule has 3 rings (SSSR count). The quantitative estimate of drug-likeness (QED) is 0.497. The van der Waals surface area contributed by atoms with E-state index in [0.717, 1.165) is 6.26 Å². The molecule has 0 saturated heterocycles. The maximum Gasteiger partial charge on any atom is 0.257 e. The van der Waals surface area contributed by atoms with Gasteiger partial charge in [0.25, 0.3) is 5.91 Å². The molecule has 0 aliphatic rings. The lowest BCUT2D eigenvalue weighted by Crippen LogP contribution is -2.22. The second-order valence-corrected chi connectivity index (χ2v) is 8.99. The molecule has 1 amide bonds. The van der Waals surface area contributed by atoms with E-state index in [0.29, 0.717) is 24.0 Å². The summed E-state index contributed by atoms with van der Waals surface area (Å²) in [4.78, 5) is 25.1. The lowest BCUT2D eigenvalue weighted by Gasteiger charge is -2.16. The van der Waals surface area contributed by atoms with Crippen LogP contribution in [0.15, 0.2) is 59.9 Å². The number of nitrogens with zero attached hydrogens (tertiary/aromatic N) is 3. The minimum absolute atomic E-state index is 0.0745. The molecule has 0 saturated carbocycles. The van der Waals surface area contributed by atoms with Crippen molar-refractivity contribution in [3.05, 3.63) is 60.6 Å². The lowest BCUT2D eigenvalue weighted by atomic mass is 10.2. The van der Waals surface area contributed by atoms with Crippen LogP contribution in [0.1, 0.15) is 17.3 Å². The first-order valence-corrected chi connectivity index (χ1v) is 11.5. The Kier molecular flexibility index (Phi) is 7.33. The van der Waals surface area contributed by atoms with Crippen LogP contribution in [0.5, 0.6) is 11.6 Å². The minimum atomic E-state index is -3.32. The van der Waals surface area contributed by atoms with Crippen molar-refractivity contribution in [1.82, 2.24) is 15.0 Å². The fourth-order valence-corrected chi connectivity index (χ4v) is 3.37. The first-order valence-electron chi connectivity index (χ1n) is 9.57. The first kappa shape index (κ1) is 23.1. The van der Waals surface area contributed by atoms with Crippen LogP contribution in [0.2, 0.25) is 0 Å². The number of sulfone groups is 1. The normalized spacial score (nSPS) is 12.1. The molecule has 0 bridgehead atoms. The van der Waals surface area contributed by atoms with Crippen molar-refractivity contribution in [1.29, 1.82) is 0 Å². The van der Waals surface area contributed by atoms with Crippen LogP contribution in [0, 0.1) is 0 Å². The predicted octanol–water partition coefficient (Wildman–Crippen LogP) is 2.77. The van der Waals surface area contributed by atoms with Crippen molar-refractivity contribution in [2.24, 2.45) is 0 Å². The fraction of sp³-hybridized carbons (Fsp3) is 0.238. The molecule has 0 spiro atoms. The SMILES string of the molecule is COCC(C)Nc1cc(C(=O)Nc2ccncn2)cc(Oc2ccc(S(C)(=O)=O)cc2)n1. The monoisotopic (exact) mass is 457 g/mol. The molecule has 0 fully saturated rings. The summed E-state index contributed by atoms with van der Waals surface area (Å²) in [6, 6.07) is 10.5. The zero-order valence-electron chi connectivity index (χ0n) is 17.8. The summed E-state index contributed by atoms with van der Waals surface area (Å²) >= 11 is 0. The molecule has 1 unspecified atom stereocenters. The van der Waals surface area contributed by atoms with Crippen LogP contribution in [0.3, 0.4) is 0 Å². The lowest BCUT2D eigenvalue weighted by molar-refractivity contribution is 0.102. The molecule has 2 N–H and O–H groups in total. The number of carbonyl (C=O) groups is 1. The Morgan fingerprint density at radius 1 is 1.12 bits per heavy atom. The third kappa shape index (κ3) is 6.46. The Bertz CT molecular complexity index is 1170. The Hall–Kier alpha value is -3.57. The highest BCUT2D eigenvalue weighted by Gasteiger charge is 2.14. The van der Waals surface area contributed by atoms with Crippen LogP contribution >= 0.6 is 0 Å². The molecule has 0 aliphatic heterocycles. The van der Waals surface area contributed by atoms with E-state index in [1.54, 1.807) is 19.2 Å². The first-order chi connectivity index (χ1) is 15.2. The number of methoxy groups -OCH3 is 1. The summed E-state index contributed by atoms with van der Waals surface area (Å²) in [5, 5.41) is 5.84. The molecule has 168 valence electrons. The molecular weight excluding hydrogens is 434 g/mol. The van der Waals surface area contributed by atoms with E-state index in [-0.39, 0.29) is 22.4 Å². The van der Waals surface area contributed by atoms with E-state index >= 15 is 0 Å². The Labute approximate surface area is 186 Å². The molecule has 10 nitrogen and oxygen atoms in total. The van der Waals surface area contributed by atoms with Crippen molar-refractivity contribution >= 4 is 27.4 Å². The molecule has 2 aromatic heterocycles. The van der Waals surface area contributed by atoms with Gasteiger partial charge in [0, 0.05) is 37.2 Å². The van der Waals surface area contributed by atoms with Gasteiger partial charge in [-0.3, -0.25) is 4.79 Å². The summed E-state index contributed by atoms with van der Waals surface area (Å²) < 4.78 is 34.2. The van der Waals surface area contributed by atoms with Crippen LogP contribution in [-0.2, 0) is 14.6 Å². The van der Waals surface area contributed by atoms with Crippen molar-refractivity contribution in [2.45, 2.75) is 17.9 Å². The van der Waals surface area contributed by atoms with Gasteiger partial charge < -0.3 is 20.1 Å². The van der Waals surface area contributed by atoms with Gasteiger partial charge in [-0.2, -0.15) is 4.98 Å². The smallest absolute Gasteiger partial charge is 0.257 e. The third-order valence-electron chi connectivity index (χ3n) is 4.17. The average Bonchev–Trinajstić information content (AvgIpc) is 2.74. The Morgan fingerprint density at radius 3 is 2.50 bits per heavy atom. The summed E-state index contributed by atoms with van der Waals surface area (Å²) in [7, 11) is -1.73. The van der Waals surface area contributed by atoms with E-state index in [1.165, 1.54) is 42.9 Å². The van der Waals surface area contributed by atoms with Gasteiger partial charge in [0.1, 0.15) is 23.7 Å². The summed E-state index contributed by atoms with van der Waals surface area (Å²) in [5.74, 6) is 0.870. The van der Waals surface area contributed by atoms with Gasteiger partial charge in [0.2, 0.25) is 5.88 Å². The van der Waals surface area contributed by atoms with E-state index in [4.69, 9.17) is 9.47 Å². The second-order valence-electron chi connectivity index (χ2n) is 6.97. The second kappa shape index (κ2) is 10.2. The van der Waals surface area contributed by atoms with Crippen LogP contribution in [0.4, 0.5) is 11.6 Å². The van der Waals surface area contributed by atoms with Gasteiger partial charge in [0.15, 0.2) is 9.84 Å². The van der Waals surface area contributed by atoms with Gasteiger partial charge in [-0.25, -0.2) is 18.4 Å². The topological polar surface area (TPSA) is 132 Å². The number of aromatic nitrogens is 3. The number of benzene rings is 1. The minimum Gasteiger partial charge on any atom is -0.439 e. The van der Waals surface area contributed by atoms with E-state index in [1.807, 2.05) is 6.92 Å². The van der Waals surface area contributed by atoms with Crippen molar-refractivity contribution < 1.29 is 22.7 Å². The number of ether oxygens (including phenoxy) is 2. The van der Waals surface area contributed by atoms with E-state index in [9.17, 15) is 13.2 Å². The number of nitrogens with one attached hydrogen (secondary N) is 2. The molecule has 2 heterocycles. The predicted molar refractivity (Wildman–Crippen MR) is 119 cm³/mol. The van der Waals surface area contributed by atoms with E-state index in [2.05, 4.69) is 25.6 Å². The van der Waals surface area contributed by atoms with Gasteiger partial charge in [-0.15, -0.1) is 0 Å². The average molecular weight is 458 g/mol. The Balaban J connectivity index is 1.88. The molecule has 11 heteroatoms. The van der Waals surface area contributed by atoms with Gasteiger partial charge in [0.05, 0.1) is 11.5 Å². The maximum atomic E-state index is 12.8. The standard InChI is InChI=1S/C21H23N5O5S/c1-14(12-30-2)24-19-10-15(21(27)26-18-8-9-22-13-23-18)11-20(25-19)31-16-4-6-17(7-5-16)32(3,28)29/h4-11,13-14H,12H2,1-3H3,(H,24,25)(H,22,23,26,27). The molecule has 0 aliphatic carbocycles. The molecule has 1 atom stereocenters. The number of hydrogen-bond donors (Lipinski definition) is 2. The number of rotatable bonds is 9. The van der Waals surface area contributed by atoms with Gasteiger partial charge >= 0.3 is 0 Å². The van der Waals surface area contributed by atoms with Crippen LogP contribution in [0.25, 0.3) is 0 Å².